The second-order valence-electron chi connectivity index (χ2n) is 4.49. The number of aromatic nitrogens is 2. The summed E-state index contributed by atoms with van der Waals surface area (Å²) in [6.07, 6.45) is 3.45. The molecule has 0 aromatic carbocycles. The van der Waals surface area contributed by atoms with Crippen LogP contribution in [0.3, 0.4) is 0 Å². The van der Waals surface area contributed by atoms with Crippen LogP contribution in [0.5, 0.6) is 5.88 Å². The van der Waals surface area contributed by atoms with Crippen LogP contribution in [0.25, 0.3) is 0 Å². The number of nitrogens with zero attached hydrogens (tertiary/aromatic N) is 3. The van der Waals surface area contributed by atoms with Crippen LogP contribution in [-0.4, -0.2) is 40.7 Å². The van der Waals surface area contributed by atoms with Gasteiger partial charge in [0.2, 0.25) is 11.8 Å². The first-order valence-corrected chi connectivity index (χ1v) is 6.00. The lowest BCUT2D eigenvalue weighted by molar-refractivity contribution is -0.140. The molecule has 2 atom stereocenters. The van der Waals surface area contributed by atoms with Gasteiger partial charge in [0.05, 0.1) is 7.11 Å². The van der Waals surface area contributed by atoms with Crippen molar-refractivity contribution in [2.75, 3.05) is 18.6 Å². The second-order valence-corrected chi connectivity index (χ2v) is 4.49. The quantitative estimate of drug-likeness (QED) is 0.869. The summed E-state index contributed by atoms with van der Waals surface area (Å²) < 4.78 is 5.04. The molecule has 2 rings (SSSR count). The van der Waals surface area contributed by atoms with Crippen molar-refractivity contribution in [2.45, 2.75) is 25.8 Å². The number of rotatable bonds is 3. The predicted octanol–water partition coefficient (Wildman–Crippen LogP) is 1.17. The number of aliphatic carboxylic acids is 1. The Morgan fingerprint density at radius 2 is 2.39 bits per heavy atom. The molecule has 2 heterocycles. The van der Waals surface area contributed by atoms with Gasteiger partial charge in [0.15, 0.2) is 0 Å². The van der Waals surface area contributed by atoms with E-state index in [1.165, 1.54) is 7.11 Å². The molecule has 6 nitrogen and oxygen atoms in total. The average Bonchev–Trinajstić information content (AvgIpc) is 2.38. The maximum Gasteiger partial charge on any atom is 0.326 e. The van der Waals surface area contributed by atoms with Gasteiger partial charge in [-0.25, -0.2) is 9.78 Å². The van der Waals surface area contributed by atoms with Crippen LogP contribution in [-0.2, 0) is 4.79 Å². The third kappa shape index (κ3) is 2.37. The van der Waals surface area contributed by atoms with Crippen molar-refractivity contribution < 1.29 is 14.6 Å². The first-order chi connectivity index (χ1) is 8.63. The summed E-state index contributed by atoms with van der Waals surface area (Å²) >= 11 is 0. The molecule has 1 aromatic heterocycles. The molecular formula is C12H17N3O3. The summed E-state index contributed by atoms with van der Waals surface area (Å²) in [7, 11) is 1.53. The van der Waals surface area contributed by atoms with E-state index < -0.39 is 12.0 Å². The Kier molecular flexibility index (Phi) is 3.64. The number of hydrogen-bond donors (Lipinski definition) is 1. The molecule has 0 radical (unpaired) electrons. The highest BCUT2D eigenvalue weighted by Gasteiger charge is 2.35. The third-order valence-corrected chi connectivity index (χ3v) is 3.27. The van der Waals surface area contributed by atoms with Crippen LogP contribution in [0.2, 0.25) is 0 Å². The van der Waals surface area contributed by atoms with Crippen LogP contribution >= 0.6 is 0 Å². The van der Waals surface area contributed by atoms with E-state index in [1.54, 1.807) is 17.2 Å². The van der Waals surface area contributed by atoms with Gasteiger partial charge in [0.25, 0.3) is 0 Å². The first kappa shape index (κ1) is 12.6. The number of carboxylic acids is 1. The summed E-state index contributed by atoms with van der Waals surface area (Å²) in [6.45, 7) is 2.61. The molecule has 1 N–H and O–H groups in total. The Morgan fingerprint density at radius 1 is 1.61 bits per heavy atom. The molecule has 2 unspecified atom stereocenters. The largest absolute Gasteiger partial charge is 0.481 e. The number of carboxylic acid groups (broad SMARTS) is 1. The minimum absolute atomic E-state index is 0.0889. The van der Waals surface area contributed by atoms with Gasteiger partial charge < -0.3 is 14.7 Å². The molecule has 0 saturated carbocycles. The standard InChI is InChI=1S/C12H17N3O3/c1-8-4-3-7-15(10(8)11(16)17)12-13-6-5-9(14-12)18-2/h5-6,8,10H,3-4,7H2,1-2H3,(H,16,17). The zero-order valence-corrected chi connectivity index (χ0v) is 10.5. The summed E-state index contributed by atoms with van der Waals surface area (Å²) in [5.74, 6) is 0.135. The fraction of sp³-hybridized carbons (Fsp3) is 0.583. The molecule has 0 amide bonds. The Labute approximate surface area is 106 Å². The molecule has 98 valence electrons. The van der Waals surface area contributed by atoms with Gasteiger partial charge in [-0.2, -0.15) is 4.98 Å². The maximum absolute atomic E-state index is 11.4. The highest BCUT2D eigenvalue weighted by molar-refractivity contribution is 5.78. The third-order valence-electron chi connectivity index (χ3n) is 3.27. The second kappa shape index (κ2) is 5.20. The van der Waals surface area contributed by atoms with Crippen LogP contribution in [0.4, 0.5) is 5.95 Å². The lowest BCUT2D eigenvalue weighted by Crippen LogP contribution is -2.50. The first-order valence-electron chi connectivity index (χ1n) is 6.00. The topological polar surface area (TPSA) is 75.5 Å². The summed E-state index contributed by atoms with van der Waals surface area (Å²) in [6, 6.07) is 1.08. The number of methoxy groups -OCH3 is 1. The number of hydrogen-bond acceptors (Lipinski definition) is 5. The van der Waals surface area contributed by atoms with Gasteiger partial charge in [-0.05, 0) is 18.8 Å². The number of ether oxygens (including phenoxy) is 1. The van der Waals surface area contributed by atoms with Gasteiger partial charge in [-0.1, -0.05) is 6.92 Å². The van der Waals surface area contributed by atoms with Gasteiger partial charge in [-0.3, -0.25) is 0 Å². The minimum Gasteiger partial charge on any atom is -0.481 e. The van der Waals surface area contributed by atoms with Gasteiger partial charge in [0.1, 0.15) is 6.04 Å². The fourth-order valence-electron chi connectivity index (χ4n) is 2.37. The van der Waals surface area contributed by atoms with E-state index in [4.69, 9.17) is 4.74 Å². The van der Waals surface area contributed by atoms with E-state index >= 15 is 0 Å². The number of piperidine rings is 1. The van der Waals surface area contributed by atoms with E-state index in [9.17, 15) is 9.90 Å². The molecule has 0 spiro atoms. The highest BCUT2D eigenvalue weighted by atomic mass is 16.5. The number of carbonyl (C=O) groups is 1. The number of anilines is 1. The summed E-state index contributed by atoms with van der Waals surface area (Å²) in [4.78, 5) is 21.5. The van der Waals surface area contributed by atoms with Gasteiger partial charge >= 0.3 is 5.97 Å². The minimum atomic E-state index is -0.825. The van der Waals surface area contributed by atoms with Crippen LogP contribution < -0.4 is 9.64 Å². The van der Waals surface area contributed by atoms with Gasteiger partial charge in [-0.15, -0.1) is 0 Å². The molecule has 6 heteroatoms. The van der Waals surface area contributed by atoms with Crippen LogP contribution in [0.15, 0.2) is 12.3 Å². The SMILES string of the molecule is COc1ccnc(N2CCCC(C)C2C(=O)O)n1. The van der Waals surface area contributed by atoms with Crippen molar-refractivity contribution in [3.05, 3.63) is 12.3 Å². The lowest BCUT2D eigenvalue weighted by atomic mass is 9.91. The zero-order chi connectivity index (χ0) is 13.1. The summed E-state index contributed by atoms with van der Waals surface area (Å²) in [5, 5.41) is 9.34. The van der Waals surface area contributed by atoms with Crippen molar-refractivity contribution in [1.29, 1.82) is 0 Å². The Bertz CT molecular complexity index is 438. The van der Waals surface area contributed by atoms with Crippen molar-refractivity contribution in [1.82, 2.24) is 9.97 Å². The molecular weight excluding hydrogens is 234 g/mol. The van der Waals surface area contributed by atoms with Crippen molar-refractivity contribution in [2.24, 2.45) is 5.92 Å². The maximum atomic E-state index is 11.4. The monoisotopic (exact) mass is 251 g/mol. The van der Waals surface area contributed by atoms with E-state index in [1.807, 2.05) is 6.92 Å². The molecule has 18 heavy (non-hydrogen) atoms. The highest BCUT2D eigenvalue weighted by Crippen LogP contribution is 2.27. The van der Waals surface area contributed by atoms with E-state index in [0.29, 0.717) is 18.4 Å². The molecule has 1 fully saturated rings. The van der Waals surface area contributed by atoms with E-state index in [-0.39, 0.29) is 5.92 Å². The molecule has 1 saturated heterocycles. The lowest BCUT2D eigenvalue weighted by Gasteiger charge is -2.37. The van der Waals surface area contributed by atoms with Crippen molar-refractivity contribution in [3.63, 3.8) is 0 Å². The van der Waals surface area contributed by atoms with Crippen molar-refractivity contribution in [3.8, 4) is 5.88 Å². The van der Waals surface area contributed by atoms with Crippen LogP contribution in [0, 0.1) is 5.92 Å². The molecule has 1 aliphatic heterocycles. The van der Waals surface area contributed by atoms with Crippen molar-refractivity contribution >= 4 is 11.9 Å². The Hall–Kier alpha value is -1.85. The van der Waals surface area contributed by atoms with E-state index in [0.717, 1.165) is 12.8 Å². The average molecular weight is 251 g/mol. The van der Waals surface area contributed by atoms with Gasteiger partial charge in [0, 0.05) is 18.8 Å². The summed E-state index contributed by atoms with van der Waals surface area (Å²) in [5.41, 5.74) is 0. The predicted molar refractivity (Wildman–Crippen MR) is 65.8 cm³/mol. The normalized spacial score (nSPS) is 23.8. The molecule has 1 aliphatic rings. The molecule has 1 aromatic rings. The molecule has 0 aliphatic carbocycles. The smallest absolute Gasteiger partial charge is 0.326 e. The van der Waals surface area contributed by atoms with Crippen LogP contribution in [0.1, 0.15) is 19.8 Å². The molecule has 0 bridgehead atoms. The Balaban J connectivity index is 2.31. The fourth-order valence-corrected chi connectivity index (χ4v) is 2.37. The van der Waals surface area contributed by atoms with E-state index in [2.05, 4.69) is 9.97 Å². The Morgan fingerprint density at radius 3 is 3.06 bits per heavy atom. The zero-order valence-electron chi connectivity index (χ0n) is 10.5.